The standard InChI is InChI=1S/C14H16BrN3O2/c1-3-12(13-16-6-7-17-13)18-14(19)10-8-9(20-2)4-5-11(10)15/h4-8,12H,3H2,1-2H3,(H,16,17)(H,18,19). The summed E-state index contributed by atoms with van der Waals surface area (Å²) < 4.78 is 5.87. The summed E-state index contributed by atoms with van der Waals surface area (Å²) in [5.41, 5.74) is 0.536. The molecule has 2 N–H and O–H groups in total. The van der Waals surface area contributed by atoms with Crippen LogP contribution in [0.2, 0.25) is 0 Å². The Hall–Kier alpha value is -1.82. The van der Waals surface area contributed by atoms with Crippen molar-refractivity contribution >= 4 is 21.8 Å². The van der Waals surface area contributed by atoms with Crippen LogP contribution in [0, 0.1) is 0 Å². The molecule has 1 atom stereocenters. The lowest BCUT2D eigenvalue weighted by Gasteiger charge is -2.15. The Morgan fingerprint density at radius 1 is 1.55 bits per heavy atom. The fraction of sp³-hybridized carbons (Fsp3) is 0.286. The third-order valence-electron chi connectivity index (χ3n) is 2.98. The van der Waals surface area contributed by atoms with Gasteiger partial charge in [-0.15, -0.1) is 0 Å². The van der Waals surface area contributed by atoms with Gasteiger partial charge in [0.05, 0.1) is 18.7 Å². The number of hydrogen-bond donors (Lipinski definition) is 2. The van der Waals surface area contributed by atoms with Crippen molar-refractivity contribution in [1.82, 2.24) is 15.3 Å². The molecule has 2 rings (SSSR count). The molecule has 6 heteroatoms. The molecule has 2 aromatic rings. The maximum atomic E-state index is 12.4. The van der Waals surface area contributed by atoms with Gasteiger partial charge < -0.3 is 15.0 Å². The number of nitrogens with zero attached hydrogens (tertiary/aromatic N) is 1. The molecule has 0 aliphatic rings. The summed E-state index contributed by atoms with van der Waals surface area (Å²) in [6.45, 7) is 1.99. The van der Waals surface area contributed by atoms with Crippen molar-refractivity contribution in [3.63, 3.8) is 0 Å². The van der Waals surface area contributed by atoms with Gasteiger partial charge in [-0.25, -0.2) is 4.98 Å². The molecule has 0 fully saturated rings. The minimum Gasteiger partial charge on any atom is -0.497 e. The van der Waals surface area contributed by atoms with E-state index in [-0.39, 0.29) is 11.9 Å². The topological polar surface area (TPSA) is 67.0 Å². The van der Waals surface area contributed by atoms with E-state index in [1.165, 1.54) is 0 Å². The quantitative estimate of drug-likeness (QED) is 0.881. The van der Waals surface area contributed by atoms with E-state index in [1.807, 2.05) is 6.92 Å². The first kappa shape index (κ1) is 14.6. The van der Waals surface area contributed by atoms with Gasteiger partial charge >= 0.3 is 0 Å². The molecule has 0 aliphatic heterocycles. The van der Waals surface area contributed by atoms with Crippen LogP contribution >= 0.6 is 15.9 Å². The minimum absolute atomic E-state index is 0.143. The molecule has 1 aromatic carbocycles. The third-order valence-corrected chi connectivity index (χ3v) is 3.67. The number of aromatic amines is 1. The molecule has 0 bridgehead atoms. The number of ether oxygens (including phenoxy) is 1. The van der Waals surface area contributed by atoms with E-state index < -0.39 is 0 Å². The smallest absolute Gasteiger partial charge is 0.253 e. The Balaban J connectivity index is 2.19. The number of amides is 1. The minimum atomic E-state index is -0.168. The first-order chi connectivity index (χ1) is 9.65. The Morgan fingerprint density at radius 2 is 2.35 bits per heavy atom. The average Bonchev–Trinajstić information content (AvgIpc) is 2.99. The van der Waals surface area contributed by atoms with Crippen LogP contribution in [0.15, 0.2) is 35.1 Å². The number of carbonyl (C=O) groups is 1. The van der Waals surface area contributed by atoms with Gasteiger partial charge in [0, 0.05) is 16.9 Å². The summed E-state index contributed by atoms with van der Waals surface area (Å²) in [4.78, 5) is 19.6. The molecule has 1 heterocycles. The van der Waals surface area contributed by atoms with Crippen LogP contribution in [0.25, 0.3) is 0 Å². The second-order valence-corrected chi connectivity index (χ2v) is 5.11. The van der Waals surface area contributed by atoms with E-state index in [0.717, 1.165) is 16.7 Å². The van der Waals surface area contributed by atoms with Gasteiger partial charge in [-0.05, 0) is 40.5 Å². The van der Waals surface area contributed by atoms with Gasteiger partial charge in [-0.1, -0.05) is 6.92 Å². The Labute approximate surface area is 125 Å². The van der Waals surface area contributed by atoms with Crippen LogP contribution in [-0.4, -0.2) is 23.0 Å². The fourth-order valence-electron chi connectivity index (χ4n) is 1.87. The summed E-state index contributed by atoms with van der Waals surface area (Å²) >= 11 is 3.38. The van der Waals surface area contributed by atoms with Crippen molar-refractivity contribution in [2.24, 2.45) is 0 Å². The maximum Gasteiger partial charge on any atom is 0.253 e. The van der Waals surface area contributed by atoms with Crippen molar-refractivity contribution in [2.45, 2.75) is 19.4 Å². The highest BCUT2D eigenvalue weighted by Gasteiger charge is 2.18. The van der Waals surface area contributed by atoms with Crippen molar-refractivity contribution < 1.29 is 9.53 Å². The van der Waals surface area contributed by atoms with E-state index in [9.17, 15) is 4.79 Å². The van der Waals surface area contributed by atoms with Crippen LogP contribution in [-0.2, 0) is 0 Å². The Morgan fingerprint density at radius 3 is 2.95 bits per heavy atom. The number of rotatable bonds is 5. The molecule has 1 amide bonds. The lowest BCUT2D eigenvalue weighted by Crippen LogP contribution is -2.29. The molecular formula is C14H16BrN3O2. The zero-order chi connectivity index (χ0) is 14.5. The number of nitrogens with one attached hydrogen (secondary N) is 2. The van der Waals surface area contributed by atoms with E-state index in [2.05, 4.69) is 31.2 Å². The first-order valence-electron chi connectivity index (χ1n) is 6.29. The lowest BCUT2D eigenvalue weighted by molar-refractivity contribution is 0.0932. The van der Waals surface area contributed by atoms with Crippen molar-refractivity contribution in [2.75, 3.05) is 7.11 Å². The number of aromatic nitrogens is 2. The number of methoxy groups -OCH3 is 1. The zero-order valence-electron chi connectivity index (χ0n) is 11.3. The monoisotopic (exact) mass is 337 g/mol. The van der Waals surface area contributed by atoms with Gasteiger partial charge in [-0.2, -0.15) is 0 Å². The van der Waals surface area contributed by atoms with E-state index in [4.69, 9.17) is 4.74 Å². The summed E-state index contributed by atoms with van der Waals surface area (Å²) in [6, 6.07) is 5.15. The fourth-order valence-corrected chi connectivity index (χ4v) is 2.30. The van der Waals surface area contributed by atoms with Gasteiger partial charge in [0.25, 0.3) is 5.91 Å². The number of carbonyl (C=O) groups excluding carboxylic acids is 1. The normalized spacial score (nSPS) is 11.9. The molecule has 0 radical (unpaired) electrons. The molecule has 1 unspecified atom stereocenters. The summed E-state index contributed by atoms with van der Waals surface area (Å²) in [5.74, 6) is 1.23. The van der Waals surface area contributed by atoms with Crippen LogP contribution in [0.5, 0.6) is 5.75 Å². The van der Waals surface area contributed by atoms with Crippen LogP contribution < -0.4 is 10.1 Å². The summed E-state index contributed by atoms with van der Waals surface area (Å²) in [6.07, 6.45) is 4.16. The highest BCUT2D eigenvalue weighted by atomic mass is 79.9. The van der Waals surface area contributed by atoms with Crippen LogP contribution in [0.1, 0.15) is 35.6 Å². The molecule has 0 saturated carbocycles. The molecule has 0 aliphatic carbocycles. The summed E-state index contributed by atoms with van der Waals surface area (Å²) in [5, 5.41) is 2.96. The third kappa shape index (κ3) is 3.19. The average molecular weight is 338 g/mol. The number of halogens is 1. The van der Waals surface area contributed by atoms with E-state index in [0.29, 0.717) is 11.3 Å². The predicted molar refractivity (Wildman–Crippen MR) is 79.8 cm³/mol. The van der Waals surface area contributed by atoms with Crippen molar-refractivity contribution in [3.05, 3.63) is 46.5 Å². The highest BCUT2D eigenvalue weighted by Crippen LogP contribution is 2.23. The van der Waals surface area contributed by atoms with Crippen molar-refractivity contribution in [3.8, 4) is 5.75 Å². The van der Waals surface area contributed by atoms with Crippen molar-refractivity contribution in [1.29, 1.82) is 0 Å². The van der Waals surface area contributed by atoms with Gasteiger partial charge in [0.15, 0.2) is 0 Å². The Kier molecular flexibility index (Phi) is 4.79. The number of benzene rings is 1. The second-order valence-electron chi connectivity index (χ2n) is 4.25. The molecule has 106 valence electrons. The number of hydrogen-bond acceptors (Lipinski definition) is 3. The SMILES string of the molecule is CCC(NC(=O)c1cc(OC)ccc1Br)c1ncc[nH]1. The lowest BCUT2D eigenvalue weighted by atomic mass is 10.1. The van der Waals surface area contributed by atoms with Gasteiger partial charge in [0.2, 0.25) is 0 Å². The molecule has 1 aromatic heterocycles. The molecule has 5 nitrogen and oxygen atoms in total. The highest BCUT2D eigenvalue weighted by molar-refractivity contribution is 9.10. The number of imidazole rings is 1. The largest absolute Gasteiger partial charge is 0.497 e. The van der Waals surface area contributed by atoms with Crippen LogP contribution in [0.3, 0.4) is 0 Å². The Bertz CT molecular complexity index is 584. The molecule has 0 saturated heterocycles. The first-order valence-corrected chi connectivity index (χ1v) is 7.08. The molecule has 0 spiro atoms. The molecular weight excluding hydrogens is 322 g/mol. The second kappa shape index (κ2) is 6.56. The predicted octanol–water partition coefficient (Wildman–Crippen LogP) is 3.06. The summed E-state index contributed by atoms with van der Waals surface area (Å²) in [7, 11) is 1.57. The maximum absolute atomic E-state index is 12.4. The number of H-pyrrole nitrogens is 1. The van der Waals surface area contributed by atoms with E-state index in [1.54, 1.807) is 37.7 Å². The molecule has 20 heavy (non-hydrogen) atoms. The van der Waals surface area contributed by atoms with Gasteiger partial charge in [-0.3, -0.25) is 4.79 Å². The van der Waals surface area contributed by atoms with Gasteiger partial charge in [0.1, 0.15) is 11.6 Å². The van der Waals surface area contributed by atoms with E-state index >= 15 is 0 Å². The van der Waals surface area contributed by atoms with Crippen LogP contribution in [0.4, 0.5) is 0 Å². The zero-order valence-corrected chi connectivity index (χ0v) is 12.9.